The highest BCUT2D eigenvalue weighted by molar-refractivity contribution is 9.10. The van der Waals surface area contributed by atoms with Crippen molar-refractivity contribution in [2.24, 2.45) is 0 Å². The van der Waals surface area contributed by atoms with E-state index in [1.54, 1.807) is 6.20 Å². The average Bonchev–Trinajstić information content (AvgIpc) is 2.36. The van der Waals surface area contributed by atoms with Crippen LogP contribution in [0.3, 0.4) is 0 Å². The fraction of sp³-hybridized carbons (Fsp3) is 0.0769. The second-order valence-electron chi connectivity index (χ2n) is 4.01. The van der Waals surface area contributed by atoms with Gasteiger partial charge in [0.2, 0.25) is 0 Å². The molecule has 3 N–H and O–H groups in total. The highest BCUT2D eigenvalue weighted by Crippen LogP contribution is 2.18. The van der Waals surface area contributed by atoms with E-state index < -0.39 is 5.82 Å². The van der Waals surface area contributed by atoms with Gasteiger partial charge in [-0.2, -0.15) is 0 Å². The Labute approximate surface area is 118 Å². The Balaban J connectivity index is 2.23. The number of rotatable bonds is 2. The lowest BCUT2D eigenvalue weighted by Gasteiger charge is -2.08. The maximum absolute atomic E-state index is 13.0. The first-order valence-electron chi connectivity index (χ1n) is 5.46. The Morgan fingerprint density at radius 2 is 2.16 bits per heavy atom. The molecule has 0 bridgehead atoms. The molecule has 2 rings (SSSR count). The normalized spacial score (nSPS) is 10.3. The van der Waals surface area contributed by atoms with Crippen molar-refractivity contribution >= 4 is 33.3 Å². The topological polar surface area (TPSA) is 68.0 Å². The minimum Gasteiger partial charge on any atom is -0.396 e. The number of pyridine rings is 1. The van der Waals surface area contributed by atoms with Crippen LogP contribution in [0, 0.1) is 12.7 Å². The molecule has 0 saturated carbocycles. The smallest absolute Gasteiger partial charge is 0.256 e. The van der Waals surface area contributed by atoms with Crippen molar-refractivity contribution in [3.63, 3.8) is 0 Å². The predicted octanol–water partition coefficient (Wildman–Crippen LogP) is 3.13. The molecule has 0 saturated heterocycles. The first kappa shape index (κ1) is 13.5. The van der Waals surface area contributed by atoms with E-state index in [1.165, 1.54) is 12.1 Å². The maximum Gasteiger partial charge on any atom is 0.256 e. The number of nitrogens with two attached hydrogens (primary N) is 1. The molecule has 0 spiro atoms. The van der Waals surface area contributed by atoms with Gasteiger partial charge in [0.25, 0.3) is 5.91 Å². The summed E-state index contributed by atoms with van der Waals surface area (Å²) in [6, 6.07) is 5.65. The van der Waals surface area contributed by atoms with Crippen LogP contribution in [-0.2, 0) is 0 Å². The summed E-state index contributed by atoms with van der Waals surface area (Å²) in [5, 5.41) is 2.65. The molecule has 4 nitrogen and oxygen atoms in total. The van der Waals surface area contributed by atoms with Gasteiger partial charge in [-0.3, -0.25) is 4.79 Å². The van der Waals surface area contributed by atoms with E-state index in [2.05, 4.69) is 26.2 Å². The SMILES string of the molecule is Cc1cc(Br)cnc1NC(=O)c1ccc(F)c(N)c1. The summed E-state index contributed by atoms with van der Waals surface area (Å²) in [6.07, 6.45) is 1.58. The third-order valence-electron chi connectivity index (χ3n) is 2.54. The molecule has 1 aromatic carbocycles. The number of nitrogen functional groups attached to an aromatic ring is 1. The minimum absolute atomic E-state index is 0.0619. The van der Waals surface area contributed by atoms with Crippen molar-refractivity contribution in [2.45, 2.75) is 6.92 Å². The van der Waals surface area contributed by atoms with E-state index in [4.69, 9.17) is 5.73 Å². The van der Waals surface area contributed by atoms with Gasteiger partial charge in [-0.15, -0.1) is 0 Å². The highest BCUT2D eigenvalue weighted by Gasteiger charge is 2.10. The van der Waals surface area contributed by atoms with Gasteiger partial charge < -0.3 is 11.1 Å². The number of hydrogen-bond acceptors (Lipinski definition) is 3. The second kappa shape index (κ2) is 5.36. The number of carbonyl (C=O) groups excluding carboxylic acids is 1. The molecule has 2 aromatic rings. The summed E-state index contributed by atoms with van der Waals surface area (Å²) >= 11 is 3.29. The molecule has 1 amide bonds. The molecular formula is C13H11BrFN3O. The van der Waals surface area contributed by atoms with Gasteiger partial charge in [0, 0.05) is 16.2 Å². The first-order chi connectivity index (χ1) is 8.97. The van der Waals surface area contributed by atoms with Gasteiger partial charge in [0.1, 0.15) is 11.6 Å². The van der Waals surface area contributed by atoms with E-state index in [0.717, 1.165) is 16.1 Å². The molecule has 0 aliphatic rings. The highest BCUT2D eigenvalue weighted by atomic mass is 79.9. The van der Waals surface area contributed by atoms with E-state index >= 15 is 0 Å². The Morgan fingerprint density at radius 1 is 1.42 bits per heavy atom. The van der Waals surface area contributed by atoms with Crippen molar-refractivity contribution in [2.75, 3.05) is 11.1 Å². The maximum atomic E-state index is 13.0. The molecule has 0 aliphatic heterocycles. The summed E-state index contributed by atoms with van der Waals surface area (Å²) in [5.74, 6) is -0.477. The van der Waals surface area contributed by atoms with Crippen LogP contribution in [0.2, 0.25) is 0 Å². The monoisotopic (exact) mass is 323 g/mol. The molecule has 0 radical (unpaired) electrons. The Bertz CT molecular complexity index is 646. The fourth-order valence-electron chi connectivity index (χ4n) is 1.54. The zero-order valence-corrected chi connectivity index (χ0v) is 11.7. The quantitative estimate of drug-likeness (QED) is 0.834. The number of hydrogen-bond donors (Lipinski definition) is 2. The van der Waals surface area contributed by atoms with Crippen LogP contribution in [0.4, 0.5) is 15.9 Å². The van der Waals surface area contributed by atoms with Gasteiger partial charge in [0.05, 0.1) is 5.69 Å². The summed E-state index contributed by atoms with van der Waals surface area (Å²) in [4.78, 5) is 16.1. The molecule has 98 valence electrons. The molecule has 1 heterocycles. The van der Waals surface area contributed by atoms with Crippen molar-refractivity contribution < 1.29 is 9.18 Å². The van der Waals surface area contributed by atoms with Crippen molar-refractivity contribution in [1.29, 1.82) is 0 Å². The van der Waals surface area contributed by atoms with E-state index in [9.17, 15) is 9.18 Å². The Morgan fingerprint density at radius 3 is 2.79 bits per heavy atom. The summed E-state index contributed by atoms with van der Waals surface area (Å²) in [7, 11) is 0. The molecule has 6 heteroatoms. The van der Waals surface area contributed by atoms with Crippen LogP contribution in [-0.4, -0.2) is 10.9 Å². The first-order valence-corrected chi connectivity index (χ1v) is 6.25. The second-order valence-corrected chi connectivity index (χ2v) is 4.93. The molecular weight excluding hydrogens is 313 g/mol. The molecule has 0 atom stereocenters. The number of carbonyl (C=O) groups is 1. The number of halogens is 2. The Kier molecular flexibility index (Phi) is 3.80. The van der Waals surface area contributed by atoms with Crippen LogP contribution in [0.5, 0.6) is 0 Å². The fourth-order valence-corrected chi connectivity index (χ4v) is 1.98. The van der Waals surface area contributed by atoms with Crippen LogP contribution < -0.4 is 11.1 Å². The third kappa shape index (κ3) is 3.08. The van der Waals surface area contributed by atoms with Gasteiger partial charge in [-0.05, 0) is 52.7 Å². The zero-order valence-electron chi connectivity index (χ0n) is 10.1. The number of aryl methyl sites for hydroxylation is 1. The van der Waals surface area contributed by atoms with Crippen LogP contribution in [0.15, 0.2) is 34.9 Å². The van der Waals surface area contributed by atoms with Gasteiger partial charge in [0.15, 0.2) is 0 Å². The van der Waals surface area contributed by atoms with Crippen molar-refractivity contribution in [1.82, 2.24) is 4.98 Å². The molecule has 19 heavy (non-hydrogen) atoms. The molecule has 0 unspecified atom stereocenters. The Hall–Kier alpha value is -1.95. The van der Waals surface area contributed by atoms with Gasteiger partial charge in [-0.25, -0.2) is 9.37 Å². The largest absolute Gasteiger partial charge is 0.396 e. The minimum atomic E-state index is -0.547. The van der Waals surface area contributed by atoms with Crippen molar-refractivity contribution in [3.8, 4) is 0 Å². The number of aromatic nitrogens is 1. The summed E-state index contributed by atoms with van der Waals surface area (Å²) in [5.41, 5.74) is 6.46. The number of anilines is 2. The lowest BCUT2D eigenvalue weighted by Crippen LogP contribution is -2.14. The van der Waals surface area contributed by atoms with E-state index in [-0.39, 0.29) is 17.2 Å². The zero-order chi connectivity index (χ0) is 14.0. The van der Waals surface area contributed by atoms with Gasteiger partial charge in [-0.1, -0.05) is 0 Å². The summed E-state index contributed by atoms with van der Waals surface area (Å²) < 4.78 is 13.9. The van der Waals surface area contributed by atoms with Crippen LogP contribution >= 0.6 is 15.9 Å². The molecule has 0 fully saturated rings. The number of nitrogens with one attached hydrogen (secondary N) is 1. The van der Waals surface area contributed by atoms with E-state index in [0.29, 0.717) is 5.82 Å². The number of amides is 1. The predicted molar refractivity (Wildman–Crippen MR) is 75.4 cm³/mol. The lowest BCUT2D eigenvalue weighted by molar-refractivity contribution is 0.102. The average molecular weight is 324 g/mol. The number of nitrogens with zero attached hydrogens (tertiary/aromatic N) is 1. The summed E-state index contributed by atoms with van der Waals surface area (Å²) in [6.45, 7) is 1.83. The van der Waals surface area contributed by atoms with Crippen LogP contribution in [0.25, 0.3) is 0 Å². The number of benzene rings is 1. The van der Waals surface area contributed by atoms with E-state index in [1.807, 2.05) is 13.0 Å². The van der Waals surface area contributed by atoms with Gasteiger partial charge >= 0.3 is 0 Å². The standard InChI is InChI=1S/C13H11BrFN3O/c1-7-4-9(14)6-17-12(7)18-13(19)8-2-3-10(15)11(16)5-8/h2-6H,16H2,1H3,(H,17,18,19). The lowest BCUT2D eigenvalue weighted by atomic mass is 10.2. The third-order valence-corrected chi connectivity index (χ3v) is 2.97. The molecule has 1 aromatic heterocycles. The van der Waals surface area contributed by atoms with Crippen LogP contribution in [0.1, 0.15) is 15.9 Å². The molecule has 0 aliphatic carbocycles. The van der Waals surface area contributed by atoms with Crippen molar-refractivity contribution in [3.05, 3.63) is 51.9 Å².